The van der Waals surface area contributed by atoms with Crippen LogP contribution in [0, 0.1) is 6.92 Å². The largest absolute Gasteiger partial charge is 0.444 e. The van der Waals surface area contributed by atoms with Crippen LogP contribution < -0.4 is 5.32 Å². The van der Waals surface area contributed by atoms with Crippen LogP contribution in [0.5, 0.6) is 0 Å². The number of rotatable bonds is 3. The lowest BCUT2D eigenvalue weighted by Gasteiger charge is -2.20. The summed E-state index contributed by atoms with van der Waals surface area (Å²) in [5.74, 6) is 0. The number of nitrogens with one attached hydrogen (secondary N) is 1. The molecule has 1 aromatic heterocycles. The Morgan fingerprint density at radius 2 is 2.29 bits per heavy atom. The Kier molecular flexibility index (Phi) is 4.47. The minimum Gasteiger partial charge on any atom is -0.444 e. The molecular formula is C11H18N2O3S. The topological polar surface area (TPSA) is 71.5 Å². The van der Waals surface area contributed by atoms with Gasteiger partial charge in [-0.1, -0.05) is 0 Å². The van der Waals surface area contributed by atoms with Crippen LogP contribution in [0.25, 0.3) is 0 Å². The number of aryl methyl sites for hydroxylation is 1. The third-order valence-corrected chi connectivity index (χ3v) is 2.96. The lowest BCUT2D eigenvalue weighted by molar-refractivity contribution is 0.0492. The number of aliphatic hydroxyl groups is 1. The predicted octanol–water partition coefficient (Wildman–Crippen LogP) is 2.01. The summed E-state index contributed by atoms with van der Waals surface area (Å²) in [6, 6.07) is 0. The van der Waals surface area contributed by atoms with Gasteiger partial charge < -0.3 is 15.2 Å². The van der Waals surface area contributed by atoms with E-state index < -0.39 is 17.8 Å². The molecule has 1 amide bonds. The fraction of sp³-hybridized carbons (Fsp3) is 0.636. The highest BCUT2D eigenvalue weighted by atomic mass is 32.1. The molecule has 96 valence electrons. The molecule has 1 atom stereocenters. The van der Waals surface area contributed by atoms with E-state index in [1.807, 2.05) is 6.92 Å². The molecule has 0 unspecified atom stereocenters. The summed E-state index contributed by atoms with van der Waals surface area (Å²) in [6.07, 6.45) is -1.27. The van der Waals surface area contributed by atoms with E-state index in [1.165, 1.54) is 11.3 Å². The molecular weight excluding hydrogens is 240 g/mol. The molecule has 0 aliphatic heterocycles. The van der Waals surface area contributed by atoms with Crippen LogP contribution in [0.1, 0.15) is 37.4 Å². The number of aromatic nitrogens is 1. The zero-order chi connectivity index (χ0) is 13.1. The summed E-state index contributed by atoms with van der Waals surface area (Å²) < 4.78 is 5.06. The SMILES string of the molecule is Cc1ncsc1[C@H](O)CNC(=O)OC(C)(C)C. The fourth-order valence-corrected chi connectivity index (χ4v) is 2.01. The highest BCUT2D eigenvalue weighted by Crippen LogP contribution is 2.20. The molecule has 2 N–H and O–H groups in total. The van der Waals surface area contributed by atoms with Gasteiger partial charge in [-0.25, -0.2) is 9.78 Å². The molecule has 0 bridgehead atoms. The quantitative estimate of drug-likeness (QED) is 0.870. The van der Waals surface area contributed by atoms with Gasteiger partial charge in [-0.3, -0.25) is 0 Å². The molecule has 17 heavy (non-hydrogen) atoms. The van der Waals surface area contributed by atoms with Gasteiger partial charge in [0.1, 0.15) is 11.7 Å². The molecule has 0 saturated heterocycles. The molecule has 0 fully saturated rings. The summed E-state index contributed by atoms with van der Waals surface area (Å²) in [5, 5.41) is 12.4. The first-order valence-electron chi connectivity index (χ1n) is 5.34. The third-order valence-electron chi connectivity index (χ3n) is 1.92. The third kappa shape index (κ3) is 4.70. The number of carbonyl (C=O) groups excluding carboxylic acids is 1. The summed E-state index contributed by atoms with van der Waals surface area (Å²) >= 11 is 1.37. The minimum absolute atomic E-state index is 0.123. The molecule has 1 heterocycles. The number of alkyl carbamates (subject to hydrolysis) is 1. The van der Waals surface area contributed by atoms with E-state index in [9.17, 15) is 9.90 Å². The van der Waals surface area contributed by atoms with Gasteiger partial charge in [-0.2, -0.15) is 0 Å². The molecule has 1 rings (SSSR count). The summed E-state index contributed by atoms with van der Waals surface area (Å²) in [5.41, 5.74) is 1.92. The first-order chi connectivity index (χ1) is 7.79. The molecule has 1 aromatic rings. The second-order valence-electron chi connectivity index (χ2n) is 4.70. The Labute approximate surface area is 105 Å². The summed E-state index contributed by atoms with van der Waals surface area (Å²) in [6.45, 7) is 7.31. The van der Waals surface area contributed by atoms with Crippen molar-refractivity contribution in [1.29, 1.82) is 0 Å². The van der Waals surface area contributed by atoms with Crippen molar-refractivity contribution < 1.29 is 14.6 Å². The summed E-state index contributed by atoms with van der Waals surface area (Å²) in [7, 11) is 0. The number of hydrogen-bond acceptors (Lipinski definition) is 5. The van der Waals surface area contributed by atoms with Gasteiger partial charge in [0.15, 0.2) is 0 Å². The van der Waals surface area contributed by atoms with Crippen molar-refractivity contribution in [1.82, 2.24) is 10.3 Å². The number of ether oxygens (including phenoxy) is 1. The number of thiazole rings is 1. The Morgan fingerprint density at radius 3 is 2.76 bits per heavy atom. The number of nitrogens with zero attached hydrogens (tertiary/aromatic N) is 1. The predicted molar refractivity (Wildman–Crippen MR) is 66.0 cm³/mol. The number of carbonyl (C=O) groups is 1. The molecule has 5 nitrogen and oxygen atoms in total. The van der Waals surface area contributed by atoms with Crippen LogP contribution in [0.15, 0.2) is 5.51 Å². The van der Waals surface area contributed by atoms with Gasteiger partial charge in [0, 0.05) is 0 Å². The maximum absolute atomic E-state index is 11.4. The van der Waals surface area contributed by atoms with Crippen molar-refractivity contribution >= 4 is 17.4 Å². The Hall–Kier alpha value is -1.14. The lowest BCUT2D eigenvalue weighted by Crippen LogP contribution is -2.34. The Morgan fingerprint density at radius 1 is 1.65 bits per heavy atom. The molecule has 0 saturated carbocycles. The van der Waals surface area contributed by atoms with Gasteiger partial charge in [-0.15, -0.1) is 11.3 Å². The van der Waals surface area contributed by atoms with E-state index in [4.69, 9.17) is 4.74 Å². The molecule has 0 aliphatic rings. The number of aliphatic hydroxyl groups excluding tert-OH is 1. The maximum Gasteiger partial charge on any atom is 0.407 e. The van der Waals surface area contributed by atoms with Crippen LogP contribution in [0.3, 0.4) is 0 Å². The van der Waals surface area contributed by atoms with Gasteiger partial charge >= 0.3 is 6.09 Å². The second-order valence-corrected chi connectivity index (χ2v) is 5.59. The highest BCUT2D eigenvalue weighted by molar-refractivity contribution is 7.09. The average Bonchev–Trinajstić information content (AvgIpc) is 2.58. The van der Waals surface area contributed by atoms with Crippen molar-refractivity contribution in [3.63, 3.8) is 0 Å². The monoisotopic (exact) mass is 258 g/mol. The van der Waals surface area contributed by atoms with Crippen molar-refractivity contribution in [3.05, 3.63) is 16.1 Å². The highest BCUT2D eigenvalue weighted by Gasteiger charge is 2.18. The van der Waals surface area contributed by atoms with Gasteiger partial charge in [0.05, 0.1) is 22.6 Å². The smallest absolute Gasteiger partial charge is 0.407 e. The molecule has 0 aromatic carbocycles. The second kappa shape index (κ2) is 5.46. The average molecular weight is 258 g/mol. The van der Waals surface area contributed by atoms with Crippen LogP contribution in [0.2, 0.25) is 0 Å². The van der Waals surface area contributed by atoms with E-state index in [0.717, 1.165) is 10.6 Å². The first-order valence-corrected chi connectivity index (χ1v) is 6.22. The molecule has 6 heteroatoms. The van der Waals surface area contributed by atoms with Crippen LogP contribution >= 0.6 is 11.3 Å². The van der Waals surface area contributed by atoms with E-state index in [0.29, 0.717) is 0 Å². The zero-order valence-corrected chi connectivity index (χ0v) is 11.3. The van der Waals surface area contributed by atoms with E-state index in [1.54, 1.807) is 26.3 Å². The standard InChI is InChI=1S/C11H18N2O3S/c1-7-9(17-6-13-7)8(14)5-12-10(15)16-11(2,3)4/h6,8,14H,5H2,1-4H3,(H,12,15)/t8-/m1/s1. The zero-order valence-electron chi connectivity index (χ0n) is 10.5. The number of hydrogen-bond donors (Lipinski definition) is 2. The normalized spacial score (nSPS) is 13.2. The number of amides is 1. The first kappa shape index (κ1) is 13.9. The van der Waals surface area contributed by atoms with Crippen LogP contribution in [-0.4, -0.2) is 28.3 Å². The summed E-state index contributed by atoms with van der Waals surface area (Å²) in [4.78, 5) is 16.2. The van der Waals surface area contributed by atoms with E-state index in [2.05, 4.69) is 10.3 Å². The Bertz CT molecular complexity index is 384. The fourth-order valence-electron chi connectivity index (χ4n) is 1.22. The minimum atomic E-state index is -0.741. The van der Waals surface area contributed by atoms with Crippen molar-refractivity contribution in [2.45, 2.75) is 39.4 Å². The van der Waals surface area contributed by atoms with Crippen LogP contribution in [0.4, 0.5) is 4.79 Å². The lowest BCUT2D eigenvalue weighted by atomic mass is 10.2. The molecule has 0 radical (unpaired) electrons. The van der Waals surface area contributed by atoms with Gasteiger partial charge in [0.25, 0.3) is 0 Å². The Balaban J connectivity index is 2.41. The van der Waals surface area contributed by atoms with Gasteiger partial charge in [0.2, 0.25) is 0 Å². The van der Waals surface area contributed by atoms with E-state index >= 15 is 0 Å². The maximum atomic E-state index is 11.4. The van der Waals surface area contributed by atoms with Crippen molar-refractivity contribution in [2.75, 3.05) is 6.54 Å². The van der Waals surface area contributed by atoms with Crippen LogP contribution in [-0.2, 0) is 4.74 Å². The van der Waals surface area contributed by atoms with Crippen molar-refractivity contribution in [3.8, 4) is 0 Å². The van der Waals surface area contributed by atoms with Crippen molar-refractivity contribution in [2.24, 2.45) is 0 Å². The van der Waals surface area contributed by atoms with Gasteiger partial charge in [-0.05, 0) is 27.7 Å². The van der Waals surface area contributed by atoms with E-state index in [-0.39, 0.29) is 6.54 Å². The molecule has 0 aliphatic carbocycles. The molecule has 0 spiro atoms.